The lowest BCUT2D eigenvalue weighted by Gasteiger charge is -2.09. The third-order valence-corrected chi connectivity index (χ3v) is 4.49. The first kappa shape index (κ1) is 17.2. The minimum absolute atomic E-state index is 0.396. The third-order valence-electron chi connectivity index (χ3n) is 4.00. The van der Waals surface area contributed by atoms with Crippen LogP contribution in [0.15, 0.2) is 53.1 Å². The van der Waals surface area contributed by atoms with Crippen LogP contribution in [-0.2, 0) is 16.0 Å². The summed E-state index contributed by atoms with van der Waals surface area (Å²) < 4.78 is 0.922. The first-order valence-corrected chi connectivity index (χ1v) is 8.74. The summed E-state index contributed by atoms with van der Waals surface area (Å²) in [7, 11) is 0. The average Bonchev–Trinajstić information content (AvgIpc) is 3.00. The van der Waals surface area contributed by atoms with Gasteiger partial charge in [0.05, 0.1) is 0 Å². The van der Waals surface area contributed by atoms with Crippen molar-refractivity contribution >= 4 is 44.3 Å². The van der Waals surface area contributed by atoms with Crippen molar-refractivity contribution in [2.45, 2.75) is 13.3 Å². The molecule has 0 unspecified atom stereocenters. The number of halogens is 1. The zero-order valence-corrected chi connectivity index (χ0v) is 15.3. The standard InChI is InChI=1S/C19H18BrN3O2/c1-12-10-14(20)6-7-16(12)23-19(25)18(24)21-9-8-13-11-22-17-5-3-2-4-15(13)17/h2-7,10-11,22H,8-9H2,1H3,(H,21,24)(H,23,25). The molecule has 0 saturated carbocycles. The summed E-state index contributed by atoms with van der Waals surface area (Å²) in [4.78, 5) is 27.2. The highest BCUT2D eigenvalue weighted by Gasteiger charge is 2.14. The summed E-state index contributed by atoms with van der Waals surface area (Å²) in [6.07, 6.45) is 2.59. The number of fused-ring (bicyclic) bond motifs is 1. The molecule has 2 amide bonds. The third kappa shape index (κ3) is 4.09. The fourth-order valence-corrected chi connectivity index (χ4v) is 3.15. The Labute approximate surface area is 153 Å². The summed E-state index contributed by atoms with van der Waals surface area (Å²) in [5.74, 6) is -1.30. The smallest absolute Gasteiger partial charge is 0.313 e. The second kappa shape index (κ2) is 7.53. The Balaban J connectivity index is 1.54. The fraction of sp³-hybridized carbons (Fsp3) is 0.158. The quantitative estimate of drug-likeness (QED) is 0.587. The molecule has 3 N–H and O–H groups in total. The molecule has 2 aromatic carbocycles. The number of benzene rings is 2. The molecule has 0 bridgehead atoms. The summed E-state index contributed by atoms with van der Waals surface area (Å²) in [5, 5.41) is 6.43. The molecular formula is C19H18BrN3O2. The lowest BCUT2D eigenvalue weighted by molar-refractivity contribution is -0.136. The number of hydrogen-bond acceptors (Lipinski definition) is 2. The lowest BCUT2D eigenvalue weighted by Crippen LogP contribution is -2.36. The van der Waals surface area contributed by atoms with Crippen LogP contribution in [0.1, 0.15) is 11.1 Å². The van der Waals surface area contributed by atoms with Gasteiger partial charge in [0.1, 0.15) is 0 Å². The van der Waals surface area contributed by atoms with Gasteiger partial charge in [-0.05, 0) is 48.7 Å². The van der Waals surface area contributed by atoms with Crippen LogP contribution in [0.3, 0.4) is 0 Å². The Kier molecular flexibility index (Phi) is 5.19. The van der Waals surface area contributed by atoms with E-state index in [0.29, 0.717) is 18.7 Å². The minimum Gasteiger partial charge on any atom is -0.361 e. The second-order valence-electron chi connectivity index (χ2n) is 5.78. The monoisotopic (exact) mass is 399 g/mol. The zero-order chi connectivity index (χ0) is 17.8. The van der Waals surface area contributed by atoms with Gasteiger partial charge in [0.15, 0.2) is 0 Å². The maximum Gasteiger partial charge on any atom is 0.313 e. The van der Waals surface area contributed by atoms with Crippen LogP contribution in [-0.4, -0.2) is 23.3 Å². The predicted molar refractivity (Wildman–Crippen MR) is 103 cm³/mol. The number of carbonyl (C=O) groups is 2. The molecule has 0 radical (unpaired) electrons. The number of rotatable bonds is 4. The number of nitrogens with one attached hydrogen (secondary N) is 3. The van der Waals surface area contributed by atoms with Crippen LogP contribution in [0.5, 0.6) is 0 Å². The maximum absolute atomic E-state index is 12.0. The van der Waals surface area contributed by atoms with Crippen LogP contribution >= 0.6 is 15.9 Å². The maximum atomic E-state index is 12.0. The lowest BCUT2D eigenvalue weighted by atomic mass is 10.1. The van der Waals surface area contributed by atoms with Gasteiger partial charge < -0.3 is 15.6 Å². The van der Waals surface area contributed by atoms with Crippen LogP contribution in [0, 0.1) is 6.92 Å². The van der Waals surface area contributed by atoms with E-state index in [-0.39, 0.29) is 0 Å². The van der Waals surface area contributed by atoms with Crippen molar-refractivity contribution in [3.05, 3.63) is 64.3 Å². The van der Waals surface area contributed by atoms with Crippen molar-refractivity contribution in [2.75, 3.05) is 11.9 Å². The van der Waals surface area contributed by atoms with Crippen molar-refractivity contribution in [1.29, 1.82) is 0 Å². The van der Waals surface area contributed by atoms with Gasteiger partial charge in [0.2, 0.25) is 0 Å². The minimum atomic E-state index is -0.663. The fourth-order valence-electron chi connectivity index (χ4n) is 2.68. The molecule has 0 saturated heterocycles. The Bertz CT molecular complexity index is 933. The second-order valence-corrected chi connectivity index (χ2v) is 6.69. The van der Waals surface area contributed by atoms with Crippen molar-refractivity contribution in [1.82, 2.24) is 10.3 Å². The van der Waals surface area contributed by atoms with Crippen LogP contribution in [0.25, 0.3) is 10.9 Å². The molecule has 3 aromatic rings. The van der Waals surface area contributed by atoms with E-state index in [2.05, 4.69) is 31.5 Å². The molecular weight excluding hydrogens is 382 g/mol. The molecule has 25 heavy (non-hydrogen) atoms. The molecule has 1 aromatic heterocycles. The number of amides is 2. The number of hydrogen-bond donors (Lipinski definition) is 3. The van der Waals surface area contributed by atoms with Crippen molar-refractivity contribution < 1.29 is 9.59 Å². The largest absolute Gasteiger partial charge is 0.361 e. The van der Waals surface area contributed by atoms with E-state index < -0.39 is 11.8 Å². The summed E-state index contributed by atoms with van der Waals surface area (Å²) in [6, 6.07) is 13.4. The number of aromatic nitrogens is 1. The highest BCUT2D eigenvalue weighted by molar-refractivity contribution is 9.10. The Morgan fingerprint density at radius 3 is 2.72 bits per heavy atom. The molecule has 0 spiro atoms. The van der Waals surface area contributed by atoms with E-state index in [1.165, 1.54) is 0 Å². The topological polar surface area (TPSA) is 74.0 Å². The van der Waals surface area contributed by atoms with Gasteiger partial charge in [0.25, 0.3) is 0 Å². The van der Waals surface area contributed by atoms with Crippen molar-refractivity contribution in [3.63, 3.8) is 0 Å². The Morgan fingerprint density at radius 2 is 1.92 bits per heavy atom. The number of carbonyl (C=O) groups excluding carboxylic acids is 2. The molecule has 0 aliphatic carbocycles. The van der Waals surface area contributed by atoms with Gasteiger partial charge in [-0.25, -0.2) is 0 Å². The van der Waals surface area contributed by atoms with Gasteiger partial charge in [-0.1, -0.05) is 34.1 Å². The van der Waals surface area contributed by atoms with E-state index in [1.807, 2.05) is 49.5 Å². The zero-order valence-electron chi connectivity index (χ0n) is 13.7. The van der Waals surface area contributed by atoms with Crippen LogP contribution in [0.2, 0.25) is 0 Å². The number of aryl methyl sites for hydroxylation is 1. The van der Waals surface area contributed by atoms with E-state index >= 15 is 0 Å². The van der Waals surface area contributed by atoms with E-state index in [4.69, 9.17) is 0 Å². The van der Waals surface area contributed by atoms with E-state index in [1.54, 1.807) is 6.07 Å². The molecule has 1 heterocycles. The molecule has 6 heteroatoms. The van der Waals surface area contributed by atoms with Gasteiger partial charge in [-0.15, -0.1) is 0 Å². The molecule has 0 atom stereocenters. The van der Waals surface area contributed by atoms with E-state index in [0.717, 1.165) is 26.5 Å². The predicted octanol–water partition coefficient (Wildman–Crippen LogP) is 3.54. The van der Waals surface area contributed by atoms with Gasteiger partial charge in [-0.2, -0.15) is 0 Å². The van der Waals surface area contributed by atoms with Gasteiger partial charge in [0, 0.05) is 33.8 Å². The van der Waals surface area contributed by atoms with Crippen molar-refractivity contribution in [2.24, 2.45) is 0 Å². The van der Waals surface area contributed by atoms with Crippen LogP contribution < -0.4 is 10.6 Å². The Morgan fingerprint density at radius 1 is 1.12 bits per heavy atom. The number of anilines is 1. The number of para-hydroxylation sites is 1. The highest BCUT2D eigenvalue weighted by Crippen LogP contribution is 2.20. The first-order chi connectivity index (χ1) is 12.0. The number of H-pyrrole nitrogens is 1. The Hall–Kier alpha value is -2.60. The van der Waals surface area contributed by atoms with Gasteiger partial charge in [-0.3, -0.25) is 9.59 Å². The summed E-state index contributed by atoms with van der Waals surface area (Å²) in [5.41, 5.74) is 3.68. The number of aromatic amines is 1. The van der Waals surface area contributed by atoms with Gasteiger partial charge >= 0.3 is 11.8 Å². The molecule has 128 valence electrons. The van der Waals surface area contributed by atoms with E-state index in [9.17, 15) is 9.59 Å². The molecule has 3 rings (SSSR count). The molecule has 0 aliphatic heterocycles. The highest BCUT2D eigenvalue weighted by atomic mass is 79.9. The van der Waals surface area contributed by atoms with Crippen molar-refractivity contribution in [3.8, 4) is 0 Å². The summed E-state index contributed by atoms with van der Waals surface area (Å²) in [6.45, 7) is 2.27. The molecule has 5 nitrogen and oxygen atoms in total. The molecule has 0 fully saturated rings. The molecule has 0 aliphatic rings. The van der Waals surface area contributed by atoms with Crippen LogP contribution in [0.4, 0.5) is 5.69 Å². The SMILES string of the molecule is Cc1cc(Br)ccc1NC(=O)C(=O)NCCc1c[nH]c2ccccc12. The normalized spacial score (nSPS) is 10.6. The summed E-state index contributed by atoms with van der Waals surface area (Å²) >= 11 is 3.37. The average molecular weight is 400 g/mol. The first-order valence-electron chi connectivity index (χ1n) is 7.95.